The number of carbonyl (C=O) groups excluding carboxylic acids is 1. The highest BCUT2D eigenvalue weighted by molar-refractivity contribution is 5.79. The zero-order chi connectivity index (χ0) is 8.27. The molecule has 0 aromatic heterocycles. The van der Waals surface area contributed by atoms with Crippen LogP contribution in [0.1, 0.15) is 12.8 Å². The van der Waals surface area contributed by atoms with Crippen molar-refractivity contribution in [1.29, 1.82) is 0 Å². The van der Waals surface area contributed by atoms with Crippen LogP contribution < -0.4 is 0 Å². The fraction of sp³-hybridized carbons (Fsp3) is 0.625. The van der Waals surface area contributed by atoms with E-state index in [1.54, 1.807) is 7.05 Å². The van der Waals surface area contributed by atoms with Gasteiger partial charge in [0.15, 0.2) is 0 Å². The molecule has 1 atom stereocenters. The maximum Gasteiger partial charge on any atom is 0.252 e. The summed E-state index contributed by atoms with van der Waals surface area (Å²) in [4.78, 5) is 16.1. The average molecular weight is 155 g/mol. The lowest BCUT2D eigenvalue weighted by atomic mass is 10.1. The first-order valence-electron chi connectivity index (χ1n) is 3.74. The van der Waals surface area contributed by atoms with E-state index in [0.717, 1.165) is 12.8 Å². The number of amides is 1. The van der Waals surface area contributed by atoms with E-state index >= 15 is 0 Å². The van der Waals surface area contributed by atoms with E-state index in [9.17, 15) is 4.79 Å². The molecule has 0 aromatic carbocycles. The van der Waals surface area contributed by atoms with Crippen molar-refractivity contribution < 1.29 is 9.63 Å². The zero-order valence-corrected chi connectivity index (χ0v) is 6.91. The molecular formula is C8H13NO2. The van der Waals surface area contributed by atoms with Crippen LogP contribution in [-0.2, 0) is 9.63 Å². The molecular weight excluding hydrogens is 142 g/mol. The fourth-order valence-corrected chi connectivity index (χ4v) is 1.16. The van der Waals surface area contributed by atoms with Gasteiger partial charge in [-0.3, -0.25) is 9.63 Å². The molecule has 0 aromatic rings. The minimum atomic E-state index is 0.0416. The Morgan fingerprint density at radius 2 is 2.45 bits per heavy atom. The third-order valence-electron chi connectivity index (χ3n) is 1.91. The van der Waals surface area contributed by atoms with Crippen LogP contribution in [0.5, 0.6) is 0 Å². The second-order valence-electron chi connectivity index (χ2n) is 2.63. The first-order valence-corrected chi connectivity index (χ1v) is 3.74. The van der Waals surface area contributed by atoms with Gasteiger partial charge in [-0.05, 0) is 12.8 Å². The van der Waals surface area contributed by atoms with Crippen LogP contribution >= 0.6 is 0 Å². The number of hydroxylamine groups is 2. The lowest BCUT2D eigenvalue weighted by Crippen LogP contribution is -2.30. The maximum absolute atomic E-state index is 11.3. The predicted octanol–water partition coefficient (Wildman–Crippen LogP) is 0.972. The molecule has 1 rings (SSSR count). The largest absolute Gasteiger partial charge is 0.275 e. The summed E-state index contributed by atoms with van der Waals surface area (Å²) >= 11 is 0. The molecule has 3 nitrogen and oxygen atoms in total. The van der Waals surface area contributed by atoms with E-state index in [-0.39, 0.29) is 11.8 Å². The molecule has 1 aliphatic rings. The van der Waals surface area contributed by atoms with Gasteiger partial charge in [-0.15, -0.1) is 0 Å². The third-order valence-corrected chi connectivity index (χ3v) is 1.91. The number of nitrogens with zero attached hydrogens (tertiary/aromatic N) is 1. The van der Waals surface area contributed by atoms with Gasteiger partial charge in [-0.2, -0.15) is 0 Å². The van der Waals surface area contributed by atoms with Gasteiger partial charge in [0.05, 0.1) is 13.0 Å². The Hall–Kier alpha value is -0.830. The molecule has 11 heavy (non-hydrogen) atoms. The van der Waals surface area contributed by atoms with Crippen molar-refractivity contribution >= 4 is 5.91 Å². The van der Waals surface area contributed by atoms with E-state index in [4.69, 9.17) is 4.84 Å². The Morgan fingerprint density at radius 1 is 1.73 bits per heavy atom. The molecule has 0 heterocycles. The molecule has 1 unspecified atom stereocenters. The molecule has 0 saturated heterocycles. The Morgan fingerprint density at radius 3 is 2.91 bits per heavy atom. The van der Waals surface area contributed by atoms with Crippen LogP contribution in [0.3, 0.4) is 0 Å². The number of carbonyl (C=O) groups is 1. The molecule has 1 amide bonds. The summed E-state index contributed by atoms with van der Waals surface area (Å²) < 4.78 is 0. The Balaban J connectivity index is 2.46. The summed E-state index contributed by atoms with van der Waals surface area (Å²) in [6.45, 7) is 0. The van der Waals surface area contributed by atoms with Crippen LogP contribution in [-0.4, -0.2) is 25.1 Å². The summed E-state index contributed by atoms with van der Waals surface area (Å²) in [5.41, 5.74) is 0. The van der Waals surface area contributed by atoms with Gasteiger partial charge in [0, 0.05) is 7.05 Å². The van der Waals surface area contributed by atoms with E-state index in [1.165, 1.54) is 12.2 Å². The summed E-state index contributed by atoms with van der Waals surface area (Å²) in [7, 11) is 3.13. The molecule has 0 aliphatic heterocycles. The fourth-order valence-electron chi connectivity index (χ4n) is 1.16. The van der Waals surface area contributed by atoms with Gasteiger partial charge in [-0.1, -0.05) is 12.2 Å². The first kappa shape index (κ1) is 8.27. The first-order chi connectivity index (χ1) is 5.25. The monoisotopic (exact) mass is 155 g/mol. The van der Waals surface area contributed by atoms with Crippen LogP contribution in [0.15, 0.2) is 12.2 Å². The van der Waals surface area contributed by atoms with E-state index in [2.05, 4.69) is 0 Å². The molecule has 0 fully saturated rings. The normalized spacial score (nSPS) is 22.2. The Kier molecular flexibility index (Phi) is 2.65. The van der Waals surface area contributed by atoms with Gasteiger partial charge in [0.1, 0.15) is 0 Å². The highest BCUT2D eigenvalue weighted by Crippen LogP contribution is 2.18. The van der Waals surface area contributed by atoms with Gasteiger partial charge < -0.3 is 0 Å². The standard InChI is InChI=1S/C8H13NO2/c1-9(11-2)8(10)7-5-3-4-6-7/h3,5,7H,4,6H2,1-2H3. The summed E-state index contributed by atoms with van der Waals surface area (Å²) in [5, 5.41) is 1.28. The lowest BCUT2D eigenvalue weighted by molar-refractivity contribution is -0.171. The molecule has 0 saturated carbocycles. The van der Waals surface area contributed by atoms with Crippen LogP contribution in [0.4, 0.5) is 0 Å². The van der Waals surface area contributed by atoms with Crippen LogP contribution in [0, 0.1) is 5.92 Å². The van der Waals surface area contributed by atoms with Crippen molar-refractivity contribution in [3.8, 4) is 0 Å². The topological polar surface area (TPSA) is 29.5 Å². The van der Waals surface area contributed by atoms with Gasteiger partial charge >= 0.3 is 0 Å². The number of rotatable bonds is 2. The Bertz CT molecular complexity index is 177. The van der Waals surface area contributed by atoms with Crippen LogP contribution in [0.25, 0.3) is 0 Å². The van der Waals surface area contributed by atoms with E-state index in [1.807, 2.05) is 12.2 Å². The smallest absolute Gasteiger partial charge is 0.252 e. The minimum Gasteiger partial charge on any atom is -0.275 e. The molecule has 1 aliphatic carbocycles. The van der Waals surface area contributed by atoms with Gasteiger partial charge in [0.2, 0.25) is 0 Å². The maximum atomic E-state index is 11.3. The summed E-state index contributed by atoms with van der Waals surface area (Å²) in [5.74, 6) is 0.0844. The lowest BCUT2D eigenvalue weighted by Gasteiger charge is -2.16. The SMILES string of the molecule is CON(C)C(=O)C1C=CCC1. The summed E-state index contributed by atoms with van der Waals surface area (Å²) in [6, 6.07) is 0. The van der Waals surface area contributed by atoms with Crippen molar-refractivity contribution in [3.63, 3.8) is 0 Å². The molecule has 0 radical (unpaired) electrons. The van der Waals surface area contributed by atoms with Crippen molar-refractivity contribution in [2.45, 2.75) is 12.8 Å². The quantitative estimate of drug-likeness (QED) is 0.439. The highest BCUT2D eigenvalue weighted by Gasteiger charge is 2.21. The zero-order valence-electron chi connectivity index (χ0n) is 6.91. The minimum absolute atomic E-state index is 0.0416. The second-order valence-corrected chi connectivity index (χ2v) is 2.63. The number of hydrogen-bond donors (Lipinski definition) is 0. The molecule has 0 bridgehead atoms. The number of hydrogen-bond acceptors (Lipinski definition) is 2. The Labute approximate surface area is 66.6 Å². The van der Waals surface area contributed by atoms with E-state index < -0.39 is 0 Å². The van der Waals surface area contributed by atoms with E-state index in [0.29, 0.717) is 0 Å². The molecule has 3 heteroatoms. The van der Waals surface area contributed by atoms with Gasteiger partial charge in [-0.25, -0.2) is 5.06 Å². The second kappa shape index (κ2) is 3.53. The predicted molar refractivity (Wildman–Crippen MR) is 41.6 cm³/mol. The van der Waals surface area contributed by atoms with Crippen molar-refractivity contribution in [1.82, 2.24) is 5.06 Å². The molecule has 62 valence electrons. The third kappa shape index (κ3) is 1.80. The highest BCUT2D eigenvalue weighted by atomic mass is 16.7. The van der Waals surface area contributed by atoms with Crippen molar-refractivity contribution in [3.05, 3.63) is 12.2 Å². The van der Waals surface area contributed by atoms with Gasteiger partial charge in [0.25, 0.3) is 5.91 Å². The number of allylic oxidation sites excluding steroid dienone is 1. The average Bonchev–Trinajstić information content (AvgIpc) is 2.53. The molecule has 0 spiro atoms. The van der Waals surface area contributed by atoms with Crippen molar-refractivity contribution in [2.75, 3.05) is 14.2 Å². The van der Waals surface area contributed by atoms with Crippen molar-refractivity contribution in [2.24, 2.45) is 5.92 Å². The van der Waals surface area contributed by atoms with Crippen LogP contribution in [0.2, 0.25) is 0 Å². The summed E-state index contributed by atoms with van der Waals surface area (Å²) in [6.07, 6.45) is 5.91. The molecule has 0 N–H and O–H groups in total.